The Labute approximate surface area is 184 Å². The van der Waals surface area contributed by atoms with Gasteiger partial charge in [-0.1, -0.05) is 15.9 Å². The lowest BCUT2D eigenvalue weighted by molar-refractivity contribution is -0.962. The van der Waals surface area contributed by atoms with E-state index >= 15 is 0 Å². The van der Waals surface area contributed by atoms with Gasteiger partial charge in [-0.25, -0.2) is 0 Å². The Morgan fingerprint density at radius 2 is 1.72 bits per heavy atom. The van der Waals surface area contributed by atoms with Crippen molar-refractivity contribution in [2.45, 2.75) is 38.3 Å². The average Bonchev–Trinajstić information content (AvgIpc) is 2.86. The molecule has 0 aliphatic carbocycles. The fourth-order valence-corrected chi connectivity index (χ4v) is 5.80. The summed E-state index contributed by atoms with van der Waals surface area (Å²) in [5.41, 5.74) is -0.178. The highest BCUT2D eigenvalue weighted by molar-refractivity contribution is 9.12. The van der Waals surface area contributed by atoms with Gasteiger partial charge in [0.15, 0.2) is 4.67 Å². The summed E-state index contributed by atoms with van der Waals surface area (Å²) >= 11 is 14.0. The molecule has 1 aliphatic rings. The number of benzene rings is 1. The molecule has 0 amide bonds. The number of halogens is 4. The normalized spacial score (nSPS) is 20.4. The fourth-order valence-electron chi connectivity index (χ4n) is 2.80. The first-order valence-electron chi connectivity index (χ1n) is 8.30. The fraction of sp³-hybridized carbons (Fsp3) is 0.556. The second kappa shape index (κ2) is 9.09. The Hall–Kier alpha value is 0.440. The average molecular weight is 606 g/mol. The molecule has 1 unspecified atom stereocenters. The van der Waals surface area contributed by atoms with Gasteiger partial charge in [0.1, 0.15) is 5.75 Å². The summed E-state index contributed by atoms with van der Waals surface area (Å²) in [4.78, 5) is 0. The van der Waals surface area contributed by atoms with E-state index in [0.29, 0.717) is 6.61 Å². The maximum Gasteiger partial charge on any atom is 0.244 e. The molecular weight excluding hydrogens is 582 g/mol. The van der Waals surface area contributed by atoms with Crippen molar-refractivity contribution < 1.29 is 14.0 Å². The monoisotopic (exact) mass is 602 g/mol. The molecule has 0 bridgehead atoms. The molecule has 1 heterocycles. The highest BCUT2D eigenvalue weighted by atomic mass is 79.9. The third kappa shape index (κ3) is 5.71. The molecule has 1 aliphatic heterocycles. The molecule has 1 aromatic carbocycles. The first kappa shape index (κ1) is 21.7. The Kier molecular flexibility index (Phi) is 7.90. The van der Waals surface area contributed by atoms with Crippen molar-refractivity contribution in [3.05, 3.63) is 36.3 Å². The number of rotatable bonds is 8. The van der Waals surface area contributed by atoms with E-state index in [1.54, 1.807) is 0 Å². The minimum absolute atomic E-state index is 0.178. The van der Waals surface area contributed by atoms with Crippen molar-refractivity contribution in [1.29, 1.82) is 0 Å². The number of quaternary nitrogens is 1. The molecule has 0 saturated heterocycles. The summed E-state index contributed by atoms with van der Waals surface area (Å²) in [6.07, 6.45) is 6.37. The summed E-state index contributed by atoms with van der Waals surface area (Å²) in [5, 5.41) is 0. The van der Waals surface area contributed by atoms with Crippen LogP contribution in [0.1, 0.15) is 32.6 Å². The predicted octanol–water partition coefficient (Wildman–Crippen LogP) is 6.97. The van der Waals surface area contributed by atoms with Crippen LogP contribution in [-0.4, -0.2) is 37.5 Å². The molecule has 7 heteroatoms. The Balaban J connectivity index is 1.72. The number of ether oxygens (including phenoxy) is 2. The summed E-state index contributed by atoms with van der Waals surface area (Å²) < 4.78 is 16.6. The maximum absolute atomic E-state index is 6.00. The molecule has 1 aromatic rings. The molecule has 0 saturated carbocycles. The summed E-state index contributed by atoms with van der Waals surface area (Å²) in [6, 6.07) is 3.99. The van der Waals surface area contributed by atoms with Crippen molar-refractivity contribution in [1.82, 2.24) is 0 Å². The molecule has 25 heavy (non-hydrogen) atoms. The highest BCUT2D eigenvalue weighted by Gasteiger charge is 2.45. The van der Waals surface area contributed by atoms with Gasteiger partial charge in [-0.15, -0.1) is 0 Å². The van der Waals surface area contributed by atoms with Crippen LogP contribution in [0, 0.1) is 0 Å². The van der Waals surface area contributed by atoms with Crippen LogP contribution >= 0.6 is 63.7 Å². The Bertz CT molecular complexity index is 625. The standard InChI is InChI=1S/C18H24Br4NO2/c1-18(8-7-16(22)25-18)23(2,3)9-5-4-6-10-24-17-14(20)11-13(19)12-15(17)21/h7,11-12H,4-6,8-10H2,1-3H3/q+1. The lowest BCUT2D eigenvalue weighted by atomic mass is 10.1. The topological polar surface area (TPSA) is 18.5 Å². The highest BCUT2D eigenvalue weighted by Crippen LogP contribution is 2.38. The largest absolute Gasteiger partial charge is 0.491 e. The third-order valence-electron chi connectivity index (χ3n) is 4.81. The zero-order valence-electron chi connectivity index (χ0n) is 14.8. The van der Waals surface area contributed by atoms with E-state index in [2.05, 4.69) is 90.8 Å². The lowest BCUT2D eigenvalue weighted by Crippen LogP contribution is -2.58. The molecule has 3 nitrogen and oxygen atoms in total. The van der Waals surface area contributed by atoms with Crippen LogP contribution in [0.4, 0.5) is 0 Å². The van der Waals surface area contributed by atoms with Gasteiger partial charge in [-0.2, -0.15) is 0 Å². The van der Waals surface area contributed by atoms with Crippen LogP contribution < -0.4 is 4.74 Å². The summed E-state index contributed by atoms with van der Waals surface area (Å²) in [7, 11) is 4.48. The van der Waals surface area contributed by atoms with Crippen LogP contribution in [-0.2, 0) is 4.74 Å². The number of nitrogens with zero attached hydrogens (tertiary/aromatic N) is 1. The Morgan fingerprint density at radius 1 is 1.08 bits per heavy atom. The van der Waals surface area contributed by atoms with Crippen LogP contribution in [0.2, 0.25) is 0 Å². The van der Waals surface area contributed by atoms with E-state index in [0.717, 1.165) is 60.5 Å². The third-order valence-corrected chi connectivity index (χ3v) is 6.93. The van der Waals surface area contributed by atoms with Gasteiger partial charge in [0, 0.05) is 11.4 Å². The minimum Gasteiger partial charge on any atom is -0.491 e. The molecule has 0 N–H and O–H groups in total. The molecule has 0 radical (unpaired) electrons. The molecular formula is C18H24Br4NO2+. The molecule has 0 aromatic heterocycles. The quantitative estimate of drug-likeness (QED) is 0.235. The van der Waals surface area contributed by atoms with Gasteiger partial charge < -0.3 is 9.47 Å². The lowest BCUT2D eigenvalue weighted by Gasteiger charge is -2.43. The molecule has 1 atom stereocenters. The summed E-state index contributed by atoms with van der Waals surface area (Å²) in [5.74, 6) is 0.863. The van der Waals surface area contributed by atoms with E-state index in [1.807, 2.05) is 12.1 Å². The predicted molar refractivity (Wildman–Crippen MR) is 117 cm³/mol. The SMILES string of the molecule is CC1([N+](C)(C)CCCCCOc2c(Br)cc(Br)cc2Br)CC=C(Br)O1. The molecule has 0 fully saturated rings. The first-order chi connectivity index (χ1) is 11.6. The van der Waals surface area contributed by atoms with Crippen LogP contribution in [0.5, 0.6) is 5.75 Å². The van der Waals surface area contributed by atoms with Crippen molar-refractivity contribution in [2.75, 3.05) is 27.2 Å². The smallest absolute Gasteiger partial charge is 0.244 e. The van der Waals surface area contributed by atoms with E-state index in [1.165, 1.54) is 0 Å². The van der Waals surface area contributed by atoms with Gasteiger partial charge in [-0.05, 0) is 85.3 Å². The van der Waals surface area contributed by atoms with Crippen molar-refractivity contribution in [2.24, 2.45) is 0 Å². The van der Waals surface area contributed by atoms with Gasteiger partial charge in [0.05, 0.1) is 42.6 Å². The van der Waals surface area contributed by atoms with E-state index in [9.17, 15) is 0 Å². The van der Waals surface area contributed by atoms with E-state index < -0.39 is 0 Å². The first-order valence-corrected chi connectivity index (χ1v) is 11.5. The summed E-state index contributed by atoms with van der Waals surface area (Å²) in [6.45, 7) is 3.98. The maximum atomic E-state index is 6.00. The van der Waals surface area contributed by atoms with Crippen LogP contribution in [0.25, 0.3) is 0 Å². The number of hydrogen-bond donors (Lipinski definition) is 0. The number of hydrogen-bond acceptors (Lipinski definition) is 2. The van der Waals surface area contributed by atoms with Crippen LogP contribution in [0.3, 0.4) is 0 Å². The number of unbranched alkanes of at least 4 members (excludes halogenated alkanes) is 2. The van der Waals surface area contributed by atoms with Crippen molar-refractivity contribution in [3.8, 4) is 5.75 Å². The molecule has 0 spiro atoms. The van der Waals surface area contributed by atoms with E-state index in [4.69, 9.17) is 9.47 Å². The molecule has 140 valence electrons. The van der Waals surface area contributed by atoms with Gasteiger partial charge in [0.2, 0.25) is 5.72 Å². The molecule has 2 rings (SSSR count). The van der Waals surface area contributed by atoms with Gasteiger partial charge >= 0.3 is 0 Å². The zero-order valence-corrected chi connectivity index (χ0v) is 21.1. The van der Waals surface area contributed by atoms with Crippen molar-refractivity contribution in [3.63, 3.8) is 0 Å². The van der Waals surface area contributed by atoms with Gasteiger partial charge in [0.25, 0.3) is 0 Å². The van der Waals surface area contributed by atoms with Crippen molar-refractivity contribution >= 4 is 63.7 Å². The second-order valence-corrected chi connectivity index (χ2v) is 10.4. The van der Waals surface area contributed by atoms with E-state index in [-0.39, 0.29) is 5.72 Å². The second-order valence-electron chi connectivity index (χ2n) is 7.01. The zero-order chi connectivity index (χ0) is 18.7. The Morgan fingerprint density at radius 3 is 2.28 bits per heavy atom. The van der Waals surface area contributed by atoms with Crippen LogP contribution in [0.15, 0.2) is 36.3 Å². The minimum atomic E-state index is -0.178. The van der Waals surface area contributed by atoms with Gasteiger partial charge in [-0.3, -0.25) is 4.48 Å².